The Morgan fingerprint density at radius 3 is 3.00 bits per heavy atom. The first-order valence-electron chi connectivity index (χ1n) is 5.75. The van der Waals surface area contributed by atoms with Crippen LogP contribution in [0.5, 0.6) is 0 Å². The van der Waals surface area contributed by atoms with E-state index in [1.54, 1.807) is 0 Å². The van der Waals surface area contributed by atoms with E-state index in [9.17, 15) is 8.78 Å². The van der Waals surface area contributed by atoms with Gasteiger partial charge in [0.05, 0.1) is 0 Å². The van der Waals surface area contributed by atoms with Crippen molar-refractivity contribution < 1.29 is 8.78 Å². The van der Waals surface area contributed by atoms with Gasteiger partial charge in [-0.1, -0.05) is 47.9 Å². The normalized spacial score (nSPS) is 21.9. The Morgan fingerprint density at radius 1 is 1.28 bits per heavy atom. The fourth-order valence-electron chi connectivity index (χ4n) is 2.11. The molecule has 0 amide bonds. The highest BCUT2D eigenvalue weighted by Crippen LogP contribution is 2.43. The van der Waals surface area contributed by atoms with E-state index in [-0.39, 0.29) is 0 Å². The molecule has 3 heteroatoms. The smallest absolute Gasteiger partial charge is 0.201 e. The first kappa shape index (κ1) is 11.6. The van der Waals surface area contributed by atoms with Crippen molar-refractivity contribution in [3.05, 3.63) is 52.9 Å². The number of hydrogen-bond donors (Lipinski definition) is 0. The van der Waals surface area contributed by atoms with Gasteiger partial charge in [0.2, 0.25) is 5.50 Å². The van der Waals surface area contributed by atoms with Gasteiger partial charge in [-0.15, -0.1) is 0 Å². The maximum Gasteiger partial charge on any atom is 0.201 e. The predicted molar refractivity (Wildman–Crippen MR) is 71.1 cm³/mol. The average molecular weight is 260 g/mol. The third-order valence-corrected chi connectivity index (χ3v) is 4.08. The molecule has 0 saturated heterocycles. The van der Waals surface area contributed by atoms with E-state index in [0.717, 1.165) is 40.6 Å². The zero-order valence-electron chi connectivity index (χ0n) is 9.54. The number of allylic oxidation sites excluding steroid dienone is 2. The molecule has 0 N–H and O–H groups in total. The maximum absolute atomic E-state index is 13.5. The molecule has 1 atom stereocenters. The molecule has 1 aromatic rings. The summed E-state index contributed by atoms with van der Waals surface area (Å²) < 4.78 is 26.8. The molecule has 0 bridgehead atoms. The minimum Gasteiger partial charge on any atom is -0.227 e. The summed E-state index contributed by atoms with van der Waals surface area (Å²) in [7, 11) is 0. The summed E-state index contributed by atoms with van der Waals surface area (Å²) in [6.07, 6.45) is 2.82. The molecule has 1 heterocycles. The van der Waals surface area contributed by atoms with Gasteiger partial charge in [-0.25, -0.2) is 8.78 Å². The number of thioether (sulfide) groups is 1. The summed E-state index contributed by atoms with van der Waals surface area (Å²) in [5.41, 5.74) is 1.11. The third-order valence-electron chi connectivity index (χ3n) is 2.97. The van der Waals surface area contributed by atoms with Crippen molar-refractivity contribution in [1.82, 2.24) is 0 Å². The van der Waals surface area contributed by atoms with Crippen molar-refractivity contribution in [3.63, 3.8) is 0 Å². The van der Waals surface area contributed by atoms with Crippen LogP contribution in [0.4, 0.5) is 8.78 Å². The Kier molecular flexibility index (Phi) is 2.97. The highest BCUT2D eigenvalue weighted by Gasteiger charge is 2.25. The Morgan fingerprint density at radius 2 is 2.11 bits per heavy atom. The van der Waals surface area contributed by atoms with Crippen LogP contribution >= 0.6 is 11.8 Å². The molecule has 1 aromatic carbocycles. The summed E-state index contributed by atoms with van der Waals surface area (Å²) in [6.45, 7) is 0. The standard InChI is InChI=1S/C15H10F2S/c16-13-9-11-7-2-1-5-10-6-3-4-8-12(10)14(11)18-15(13)17/h3-4,6,8-9,15H,1,5H2. The van der Waals surface area contributed by atoms with E-state index in [1.807, 2.05) is 24.3 Å². The Hall–Kier alpha value is -1.53. The van der Waals surface area contributed by atoms with Gasteiger partial charge in [0.15, 0.2) is 0 Å². The van der Waals surface area contributed by atoms with Crippen LogP contribution in [0.3, 0.4) is 0 Å². The van der Waals surface area contributed by atoms with Crippen molar-refractivity contribution in [3.8, 4) is 11.8 Å². The summed E-state index contributed by atoms with van der Waals surface area (Å²) in [5.74, 6) is 5.20. The van der Waals surface area contributed by atoms with Crippen LogP contribution in [0.15, 0.2) is 41.7 Å². The molecule has 0 aromatic heterocycles. The van der Waals surface area contributed by atoms with Crippen LogP contribution in [0.1, 0.15) is 17.5 Å². The van der Waals surface area contributed by atoms with Crippen LogP contribution in [0, 0.1) is 11.8 Å². The second-order valence-electron chi connectivity index (χ2n) is 4.16. The van der Waals surface area contributed by atoms with E-state index in [0.29, 0.717) is 5.57 Å². The topological polar surface area (TPSA) is 0 Å². The van der Waals surface area contributed by atoms with Crippen molar-refractivity contribution in [2.24, 2.45) is 0 Å². The predicted octanol–water partition coefficient (Wildman–Crippen LogP) is 4.24. The molecule has 0 nitrogen and oxygen atoms in total. The summed E-state index contributed by atoms with van der Waals surface area (Å²) in [4.78, 5) is 0.756. The van der Waals surface area contributed by atoms with Gasteiger partial charge in [-0.2, -0.15) is 0 Å². The van der Waals surface area contributed by atoms with Gasteiger partial charge in [0.25, 0.3) is 0 Å². The molecule has 3 rings (SSSR count). The minimum absolute atomic E-state index is 0.596. The molecule has 1 aliphatic heterocycles. The van der Waals surface area contributed by atoms with Gasteiger partial charge >= 0.3 is 0 Å². The number of alkyl halides is 1. The zero-order chi connectivity index (χ0) is 12.5. The molecular weight excluding hydrogens is 250 g/mol. The summed E-state index contributed by atoms with van der Waals surface area (Å²) in [6, 6.07) is 7.86. The molecule has 90 valence electrons. The van der Waals surface area contributed by atoms with Crippen LogP contribution < -0.4 is 0 Å². The molecular formula is C15H10F2S. The van der Waals surface area contributed by atoms with E-state index >= 15 is 0 Å². The summed E-state index contributed by atoms with van der Waals surface area (Å²) in [5, 5.41) is 0. The van der Waals surface area contributed by atoms with E-state index in [1.165, 1.54) is 6.08 Å². The monoisotopic (exact) mass is 260 g/mol. The van der Waals surface area contributed by atoms with Crippen LogP contribution in [0.2, 0.25) is 0 Å². The van der Waals surface area contributed by atoms with Crippen LogP contribution in [-0.4, -0.2) is 5.50 Å². The minimum atomic E-state index is -1.61. The number of benzene rings is 1. The average Bonchev–Trinajstić information content (AvgIpc) is 2.37. The van der Waals surface area contributed by atoms with Crippen LogP contribution in [-0.2, 0) is 6.42 Å². The lowest BCUT2D eigenvalue weighted by molar-refractivity contribution is 0.425. The fourth-order valence-corrected chi connectivity index (χ4v) is 3.06. The Balaban J connectivity index is 2.21. The van der Waals surface area contributed by atoms with Gasteiger partial charge in [-0.3, -0.25) is 0 Å². The molecule has 1 unspecified atom stereocenters. The highest BCUT2D eigenvalue weighted by molar-refractivity contribution is 8.09. The molecule has 2 aliphatic rings. The van der Waals surface area contributed by atoms with E-state index in [2.05, 4.69) is 11.8 Å². The maximum atomic E-state index is 13.5. The molecule has 18 heavy (non-hydrogen) atoms. The fraction of sp³-hybridized carbons (Fsp3) is 0.200. The zero-order valence-corrected chi connectivity index (χ0v) is 10.4. The lowest BCUT2D eigenvalue weighted by atomic mass is 9.98. The lowest BCUT2D eigenvalue weighted by Crippen LogP contribution is -2.05. The SMILES string of the molecule is FC1=CC2=C(SC1F)c1ccccc1CCC#C2. The quantitative estimate of drug-likeness (QED) is 0.629. The van der Waals surface area contributed by atoms with Crippen molar-refractivity contribution in [2.45, 2.75) is 18.3 Å². The molecule has 0 spiro atoms. The number of hydrogen-bond acceptors (Lipinski definition) is 1. The van der Waals surface area contributed by atoms with Gasteiger partial charge in [0, 0.05) is 16.9 Å². The Labute approximate surface area is 109 Å². The van der Waals surface area contributed by atoms with Gasteiger partial charge < -0.3 is 0 Å². The first-order chi connectivity index (χ1) is 8.75. The van der Waals surface area contributed by atoms with Crippen molar-refractivity contribution in [2.75, 3.05) is 0 Å². The number of halogens is 2. The van der Waals surface area contributed by atoms with Gasteiger partial charge in [-0.05, 0) is 23.6 Å². The summed E-state index contributed by atoms with van der Waals surface area (Å²) >= 11 is 0.911. The molecule has 0 fully saturated rings. The lowest BCUT2D eigenvalue weighted by Gasteiger charge is -2.20. The molecule has 0 radical (unpaired) electrons. The van der Waals surface area contributed by atoms with E-state index < -0.39 is 11.3 Å². The largest absolute Gasteiger partial charge is 0.227 e. The second kappa shape index (κ2) is 4.62. The van der Waals surface area contributed by atoms with Crippen molar-refractivity contribution >= 4 is 16.7 Å². The number of aryl methyl sites for hydroxylation is 1. The highest BCUT2D eigenvalue weighted by atomic mass is 32.2. The molecule has 1 aliphatic carbocycles. The van der Waals surface area contributed by atoms with Crippen LogP contribution in [0.25, 0.3) is 4.91 Å². The van der Waals surface area contributed by atoms with Gasteiger partial charge in [0.1, 0.15) is 5.83 Å². The number of fused-ring (bicyclic) bond motifs is 2. The second-order valence-corrected chi connectivity index (χ2v) is 5.22. The third kappa shape index (κ3) is 1.97. The molecule has 0 saturated carbocycles. The Bertz CT molecular complexity index is 617. The first-order valence-corrected chi connectivity index (χ1v) is 6.63. The van der Waals surface area contributed by atoms with E-state index in [4.69, 9.17) is 0 Å². The van der Waals surface area contributed by atoms with Crippen molar-refractivity contribution in [1.29, 1.82) is 0 Å². The number of rotatable bonds is 0.